The maximum absolute atomic E-state index is 5.65. The normalized spacial score (nSPS) is 27.2. The summed E-state index contributed by atoms with van der Waals surface area (Å²) in [5, 5.41) is 0. The molecule has 1 rings (SSSR count). The topological polar surface area (TPSA) is 21.6 Å². The van der Waals surface area contributed by atoms with E-state index in [1.165, 1.54) is 0 Å². The van der Waals surface area contributed by atoms with Gasteiger partial charge in [-0.2, -0.15) is 0 Å². The van der Waals surface area contributed by atoms with Gasteiger partial charge in [-0.05, 0) is 19.8 Å². The molecule has 0 saturated heterocycles. The lowest BCUT2D eigenvalue weighted by Crippen LogP contribution is -2.36. The first-order chi connectivity index (χ1) is 5.47. The molecule has 0 aliphatic carbocycles. The fourth-order valence-corrected chi connectivity index (χ4v) is 1.84. The van der Waals surface area contributed by atoms with Gasteiger partial charge < -0.3 is 4.74 Å². The molecule has 0 N–H and O–H groups in total. The van der Waals surface area contributed by atoms with Crippen LogP contribution in [0, 0.1) is 5.92 Å². The standard InChI is InChI=1S/C9H16ClNO/c1-6(2)8-9(3,4)12-7(5-10)11-8/h6,8H,5H2,1-4H3. The molecule has 1 heterocycles. The van der Waals surface area contributed by atoms with E-state index in [0.29, 0.717) is 17.7 Å². The smallest absolute Gasteiger partial charge is 0.199 e. The zero-order chi connectivity index (χ0) is 9.35. The van der Waals surface area contributed by atoms with E-state index in [4.69, 9.17) is 16.3 Å². The van der Waals surface area contributed by atoms with Gasteiger partial charge in [-0.25, -0.2) is 4.99 Å². The van der Waals surface area contributed by atoms with Gasteiger partial charge in [0.1, 0.15) is 5.60 Å². The van der Waals surface area contributed by atoms with Crippen LogP contribution in [0.3, 0.4) is 0 Å². The Morgan fingerprint density at radius 1 is 1.58 bits per heavy atom. The van der Waals surface area contributed by atoms with E-state index in [1.54, 1.807) is 0 Å². The Bertz CT molecular complexity index is 199. The third-order valence-electron chi connectivity index (χ3n) is 2.12. The third kappa shape index (κ3) is 1.74. The van der Waals surface area contributed by atoms with E-state index in [9.17, 15) is 0 Å². The van der Waals surface area contributed by atoms with Crippen molar-refractivity contribution >= 4 is 17.5 Å². The van der Waals surface area contributed by atoms with E-state index in [0.717, 1.165) is 0 Å². The van der Waals surface area contributed by atoms with Crippen LogP contribution in [-0.2, 0) is 4.74 Å². The van der Waals surface area contributed by atoms with Crippen LogP contribution in [-0.4, -0.2) is 23.4 Å². The van der Waals surface area contributed by atoms with Gasteiger partial charge >= 0.3 is 0 Å². The van der Waals surface area contributed by atoms with Crippen molar-refractivity contribution in [2.24, 2.45) is 10.9 Å². The Morgan fingerprint density at radius 2 is 2.17 bits per heavy atom. The van der Waals surface area contributed by atoms with Gasteiger partial charge in [0, 0.05) is 0 Å². The predicted molar refractivity (Wildman–Crippen MR) is 51.9 cm³/mol. The summed E-state index contributed by atoms with van der Waals surface area (Å²) >= 11 is 5.65. The molecule has 3 heteroatoms. The number of aliphatic imine (C=N–C) groups is 1. The molecule has 0 amide bonds. The van der Waals surface area contributed by atoms with Crippen molar-refractivity contribution < 1.29 is 4.74 Å². The highest BCUT2D eigenvalue weighted by molar-refractivity contribution is 6.27. The highest BCUT2D eigenvalue weighted by atomic mass is 35.5. The Labute approximate surface area is 79.0 Å². The number of hydrogen-bond acceptors (Lipinski definition) is 2. The van der Waals surface area contributed by atoms with Crippen molar-refractivity contribution in [3.05, 3.63) is 0 Å². The van der Waals surface area contributed by atoms with Gasteiger partial charge in [-0.1, -0.05) is 13.8 Å². The lowest BCUT2D eigenvalue weighted by Gasteiger charge is -2.27. The SMILES string of the molecule is CC(C)C1N=C(CCl)OC1(C)C. The van der Waals surface area contributed by atoms with Crippen LogP contribution in [0.15, 0.2) is 4.99 Å². The van der Waals surface area contributed by atoms with E-state index in [2.05, 4.69) is 32.7 Å². The molecule has 0 aromatic carbocycles. The number of halogens is 1. The molecule has 0 spiro atoms. The molecule has 1 aliphatic rings. The summed E-state index contributed by atoms with van der Waals surface area (Å²) in [6, 6.07) is 0.242. The molecule has 0 saturated carbocycles. The third-order valence-corrected chi connectivity index (χ3v) is 2.35. The van der Waals surface area contributed by atoms with Crippen molar-refractivity contribution in [1.82, 2.24) is 0 Å². The summed E-state index contributed by atoms with van der Waals surface area (Å²) < 4.78 is 5.59. The molecule has 0 bridgehead atoms. The molecule has 0 fully saturated rings. The average Bonchev–Trinajstić information content (AvgIpc) is 2.25. The van der Waals surface area contributed by atoms with Gasteiger partial charge in [-0.15, -0.1) is 11.6 Å². The van der Waals surface area contributed by atoms with E-state index in [-0.39, 0.29) is 11.6 Å². The Balaban J connectivity index is 2.77. The molecule has 70 valence electrons. The molecule has 1 atom stereocenters. The maximum atomic E-state index is 5.65. The van der Waals surface area contributed by atoms with Crippen LogP contribution >= 0.6 is 11.6 Å². The second-order valence-corrected chi connectivity index (χ2v) is 4.32. The zero-order valence-corrected chi connectivity index (χ0v) is 8.85. The van der Waals surface area contributed by atoms with Crippen LogP contribution in [0.2, 0.25) is 0 Å². The van der Waals surface area contributed by atoms with Crippen molar-refractivity contribution in [2.45, 2.75) is 39.3 Å². The molecule has 12 heavy (non-hydrogen) atoms. The highest BCUT2D eigenvalue weighted by Crippen LogP contribution is 2.30. The summed E-state index contributed by atoms with van der Waals surface area (Å²) in [4.78, 5) is 4.42. The summed E-state index contributed by atoms with van der Waals surface area (Å²) in [6.45, 7) is 8.41. The first kappa shape index (κ1) is 9.85. The van der Waals surface area contributed by atoms with Crippen molar-refractivity contribution in [1.29, 1.82) is 0 Å². The molecule has 0 radical (unpaired) electrons. The van der Waals surface area contributed by atoms with Crippen LogP contribution in [0.1, 0.15) is 27.7 Å². The van der Waals surface area contributed by atoms with Gasteiger partial charge in [-0.3, -0.25) is 0 Å². The fourth-order valence-electron chi connectivity index (χ4n) is 1.71. The van der Waals surface area contributed by atoms with E-state index < -0.39 is 0 Å². The van der Waals surface area contributed by atoms with Crippen LogP contribution in [0.5, 0.6) is 0 Å². The molecule has 0 aromatic rings. The molecular formula is C9H16ClNO. The Hall–Kier alpha value is -0.240. The van der Waals surface area contributed by atoms with Crippen molar-refractivity contribution in [3.63, 3.8) is 0 Å². The van der Waals surface area contributed by atoms with Crippen molar-refractivity contribution in [2.75, 3.05) is 5.88 Å². The lowest BCUT2D eigenvalue weighted by molar-refractivity contribution is 0.0802. The fraction of sp³-hybridized carbons (Fsp3) is 0.889. The minimum atomic E-state index is -0.182. The Morgan fingerprint density at radius 3 is 2.42 bits per heavy atom. The largest absolute Gasteiger partial charge is 0.472 e. The van der Waals surface area contributed by atoms with E-state index >= 15 is 0 Å². The van der Waals surface area contributed by atoms with Crippen molar-refractivity contribution in [3.8, 4) is 0 Å². The van der Waals surface area contributed by atoms with Gasteiger partial charge in [0.05, 0.1) is 11.9 Å². The van der Waals surface area contributed by atoms with Gasteiger partial charge in [0.2, 0.25) is 0 Å². The number of rotatable bonds is 2. The zero-order valence-electron chi connectivity index (χ0n) is 8.10. The molecule has 1 aliphatic heterocycles. The quantitative estimate of drug-likeness (QED) is 0.612. The minimum Gasteiger partial charge on any atom is -0.472 e. The summed E-state index contributed by atoms with van der Waals surface area (Å²) in [5.41, 5.74) is -0.182. The number of hydrogen-bond donors (Lipinski definition) is 0. The monoisotopic (exact) mass is 189 g/mol. The summed E-state index contributed by atoms with van der Waals surface area (Å²) in [5.74, 6) is 1.56. The summed E-state index contributed by atoms with van der Waals surface area (Å²) in [6.07, 6.45) is 0. The molecule has 0 aromatic heterocycles. The van der Waals surface area contributed by atoms with Gasteiger partial charge in [0.15, 0.2) is 5.90 Å². The van der Waals surface area contributed by atoms with Crippen LogP contribution in [0.25, 0.3) is 0 Å². The van der Waals surface area contributed by atoms with Crippen LogP contribution < -0.4 is 0 Å². The number of alkyl halides is 1. The van der Waals surface area contributed by atoms with Gasteiger partial charge in [0.25, 0.3) is 0 Å². The average molecular weight is 190 g/mol. The minimum absolute atomic E-state index is 0.182. The number of nitrogens with zero attached hydrogens (tertiary/aromatic N) is 1. The van der Waals surface area contributed by atoms with E-state index in [1.807, 2.05) is 0 Å². The predicted octanol–water partition coefficient (Wildman–Crippen LogP) is 2.46. The van der Waals surface area contributed by atoms with Crippen LogP contribution in [0.4, 0.5) is 0 Å². The highest BCUT2D eigenvalue weighted by Gasteiger charge is 2.39. The molecular weight excluding hydrogens is 174 g/mol. The molecule has 1 unspecified atom stereocenters. The summed E-state index contributed by atoms with van der Waals surface area (Å²) in [7, 11) is 0. The molecule has 2 nitrogen and oxygen atoms in total. The second kappa shape index (κ2) is 3.25. The lowest BCUT2D eigenvalue weighted by atomic mass is 9.90. The number of ether oxygens (including phenoxy) is 1. The second-order valence-electron chi connectivity index (χ2n) is 4.05. The Kier molecular flexibility index (Phi) is 2.67. The first-order valence-electron chi connectivity index (χ1n) is 4.29. The maximum Gasteiger partial charge on any atom is 0.199 e. The first-order valence-corrected chi connectivity index (χ1v) is 4.82.